The minimum absolute atomic E-state index is 0.108. The average Bonchev–Trinajstić information content (AvgIpc) is 2.84. The van der Waals surface area contributed by atoms with Crippen LogP contribution >= 0.6 is 0 Å². The third kappa shape index (κ3) is 6.38. The van der Waals surface area contributed by atoms with Gasteiger partial charge in [-0.25, -0.2) is 0 Å². The summed E-state index contributed by atoms with van der Waals surface area (Å²) in [5.74, 6) is 0.974. The Morgan fingerprint density at radius 2 is 1.52 bits per heavy atom. The van der Waals surface area contributed by atoms with Gasteiger partial charge in [0.25, 0.3) is 5.91 Å². The smallest absolute Gasteiger partial charge is 0.252 e. The summed E-state index contributed by atoms with van der Waals surface area (Å²) in [6.45, 7) is 4.39. The summed E-state index contributed by atoms with van der Waals surface area (Å²) in [5.41, 5.74) is 0.351. The fourth-order valence-electron chi connectivity index (χ4n) is 3.41. The molecule has 33 heavy (non-hydrogen) atoms. The Bertz CT molecular complexity index is 1090. The highest BCUT2D eigenvalue weighted by Gasteiger charge is 2.25. The lowest BCUT2D eigenvalue weighted by Crippen LogP contribution is -2.50. The van der Waals surface area contributed by atoms with Crippen LogP contribution in [0.3, 0.4) is 0 Å². The maximum atomic E-state index is 12.8. The van der Waals surface area contributed by atoms with Crippen molar-refractivity contribution in [2.75, 3.05) is 27.4 Å². The van der Waals surface area contributed by atoms with Crippen molar-refractivity contribution in [2.45, 2.75) is 19.9 Å². The normalized spacial score (nSPS) is 11.7. The van der Waals surface area contributed by atoms with Crippen LogP contribution in [0.2, 0.25) is 0 Å². The van der Waals surface area contributed by atoms with Crippen LogP contribution in [-0.2, 0) is 4.79 Å². The van der Waals surface area contributed by atoms with Crippen molar-refractivity contribution >= 4 is 22.6 Å². The van der Waals surface area contributed by atoms with E-state index in [9.17, 15) is 9.59 Å². The van der Waals surface area contributed by atoms with E-state index in [0.29, 0.717) is 30.2 Å². The van der Waals surface area contributed by atoms with Gasteiger partial charge in [0.15, 0.2) is 0 Å². The minimum atomic E-state index is -0.699. The highest BCUT2D eigenvalue weighted by atomic mass is 16.5. The molecule has 7 nitrogen and oxygen atoms in total. The maximum absolute atomic E-state index is 12.8. The predicted octanol–water partition coefficient (Wildman–Crippen LogP) is 3.81. The lowest BCUT2D eigenvalue weighted by atomic mass is 10.0. The minimum Gasteiger partial charge on any atom is -0.497 e. The highest BCUT2D eigenvalue weighted by Crippen LogP contribution is 2.23. The number of amides is 2. The zero-order chi connectivity index (χ0) is 23.8. The zero-order valence-corrected chi connectivity index (χ0v) is 19.4. The van der Waals surface area contributed by atoms with Crippen molar-refractivity contribution in [1.82, 2.24) is 10.6 Å². The fraction of sp³-hybridized carbons (Fsp3) is 0.308. The number of benzene rings is 3. The van der Waals surface area contributed by atoms with E-state index in [4.69, 9.17) is 14.2 Å². The predicted molar refractivity (Wildman–Crippen MR) is 128 cm³/mol. The molecule has 0 saturated heterocycles. The molecular formula is C26H30N2O5. The van der Waals surface area contributed by atoms with E-state index in [0.717, 1.165) is 16.5 Å². The SMILES string of the molecule is COc1cc(OC)cc(C(=O)NC(C(=O)NCCOc2ccc3ccccc3c2)C(C)C)c1. The summed E-state index contributed by atoms with van der Waals surface area (Å²) in [6.07, 6.45) is 0. The van der Waals surface area contributed by atoms with Crippen LogP contribution < -0.4 is 24.8 Å². The molecule has 0 fully saturated rings. The van der Waals surface area contributed by atoms with E-state index >= 15 is 0 Å². The monoisotopic (exact) mass is 450 g/mol. The molecule has 3 aromatic rings. The second-order valence-corrected chi connectivity index (χ2v) is 7.94. The second-order valence-electron chi connectivity index (χ2n) is 7.94. The van der Waals surface area contributed by atoms with Crippen LogP contribution in [0.4, 0.5) is 0 Å². The Morgan fingerprint density at radius 1 is 0.848 bits per heavy atom. The molecule has 1 unspecified atom stereocenters. The molecule has 0 spiro atoms. The van der Waals surface area contributed by atoms with Crippen LogP contribution in [0, 0.1) is 5.92 Å². The summed E-state index contributed by atoms with van der Waals surface area (Å²) in [4.78, 5) is 25.5. The van der Waals surface area contributed by atoms with E-state index < -0.39 is 6.04 Å². The first-order chi connectivity index (χ1) is 15.9. The van der Waals surface area contributed by atoms with Gasteiger partial charge in [-0.2, -0.15) is 0 Å². The number of ether oxygens (including phenoxy) is 3. The Morgan fingerprint density at radius 3 is 2.15 bits per heavy atom. The van der Waals surface area contributed by atoms with Gasteiger partial charge in [-0.05, 0) is 41.0 Å². The van der Waals surface area contributed by atoms with Gasteiger partial charge in [-0.3, -0.25) is 9.59 Å². The summed E-state index contributed by atoms with van der Waals surface area (Å²) < 4.78 is 16.2. The molecule has 0 saturated carbocycles. The molecule has 174 valence electrons. The lowest BCUT2D eigenvalue weighted by molar-refractivity contribution is -0.124. The lowest BCUT2D eigenvalue weighted by Gasteiger charge is -2.22. The second kappa shape index (κ2) is 11.2. The first kappa shape index (κ1) is 23.9. The topological polar surface area (TPSA) is 85.9 Å². The Hall–Kier alpha value is -3.74. The highest BCUT2D eigenvalue weighted by molar-refractivity contribution is 5.98. The van der Waals surface area contributed by atoms with Crippen LogP contribution in [-0.4, -0.2) is 45.2 Å². The number of rotatable bonds is 10. The van der Waals surface area contributed by atoms with Gasteiger partial charge in [0.1, 0.15) is 29.9 Å². The van der Waals surface area contributed by atoms with Crippen LogP contribution in [0.15, 0.2) is 60.7 Å². The molecule has 7 heteroatoms. The van der Waals surface area contributed by atoms with Gasteiger partial charge < -0.3 is 24.8 Å². The van der Waals surface area contributed by atoms with Crippen molar-refractivity contribution < 1.29 is 23.8 Å². The van der Waals surface area contributed by atoms with E-state index in [2.05, 4.69) is 10.6 Å². The van der Waals surface area contributed by atoms with Crippen molar-refractivity contribution in [3.63, 3.8) is 0 Å². The molecule has 0 radical (unpaired) electrons. The van der Waals surface area contributed by atoms with E-state index in [1.54, 1.807) is 18.2 Å². The maximum Gasteiger partial charge on any atom is 0.252 e. The van der Waals surface area contributed by atoms with Crippen molar-refractivity contribution in [2.24, 2.45) is 5.92 Å². The zero-order valence-electron chi connectivity index (χ0n) is 19.4. The fourth-order valence-corrected chi connectivity index (χ4v) is 3.41. The van der Waals surface area contributed by atoms with Crippen LogP contribution in [0.25, 0.3) is 10.8 Å². The molecule has 0 aliphatic carbocycles. The van der Waals surface area contributed by atoms with E-state index in [1.165, 1.54) is 14.2 Å². The molecule has 2 N–H and O–H groups in total. The Balaban J connectivity index is 1.55. The molecule has 0 heterocycles. The third-order valence-corrected chi connectivity index (χ3v) is 5.24. The Kier molecular flexibility index (Phi) is 8.13. The first-order valence-corrected chi connectivity index (χ1v) is 10.8. The molecule has 3 rings (SSSR count). The van der Waals surface area contributed by atoms with Gasteiger partial charge >= 0.3 is 0 Å². The van der Waals surface area contributed by atoms with Crippen molar-refractivity contribution in [1.29, 1.82) is 0 Å². The average molecular weight is 451 g/mol. The van der Waals surface area contributed by atoms with Crippen molar-refractivity contribution in [3.05, 3.63) is 66.2 Å². The van der Waals surface area contributed by atoms with Gasteiger partial charge in [-0.15, -0.1) is 0 Å². The van der Waals surface area contributed by atoms with Gasteiger partial charge in [0, 0.05) is 11.6 Å². The molecule has 0 aliphatic rings. The molecule has 1 atom stereocenters. The number of carbonyl (C=O) groups excluding carboxylic acids is 2. The largest absolute Gasteiger partial charge is 0.497 e. The summed E-state index contributed by atoms with van der Waals surface area (Å²) in [7, 11) is 3.03. The van der Waals surface area contributed by atoms with Crippen molar-refractivity contribution in [3.8, 4) is 17.2 Å². The standard InChI is InChI=1S/C26H30N2O5/c1-17(2)24(28-25(29)20-14-22(31-3)16-23(15-20)32-4)26(30)27-11-12-33-21-10-9-18-7-5-6-8-19(18)13-21/h5-10,13-17,24H,11-12H2,1-4H3,(H,27,30)(H,28,29). The number of fused-ring (bicyclic) bond motifs is 1. The summed E-state index contributed by atoms with van der Waals surface area (Å²) in [6, 6.07) is 18.1. The van der Waals surface area contributed by atoms with Crippen LogP contribution in [0.1, 0.15) is 24.2 Å². The number of nitrogens with one attached hydrogen (secondary N) is 2. The van der Waals surface area contributed by atoms with Gasteiger partial charge in [0.2, 0.25) is 5.91 Å². The number of hydrogen-bond acceptors (Lipinski definition) is 5. The number of methoxy groups -OCH3 is 2. The number of hydrogen-bond donors (Lipinski definition) is 2. The quantitative estimate of drug-likeness (QED) is 0.459. The molecule has 0 aromatic heterocycles. The molecule has 0 aliphatic heterocycles. The first-order valence-electron chi connectivity index (χ1n) is 10.8. The van der Waals surface area contributed by atoms with Gasteiger partial charge in [0.05, 0.1) is 20.8 Å². The third-order valence-electron chi connectivity index (χ3n) is 5.24. The molecule has 3 aromatic carbocycles. The molecule has 2 amide bonds. The van der Waals surface area contributed by atoms with E-state index in [1.807, 2.05) is 56.3 Å². The summed E-state index contributed by atoms with van der Waals surface area (Å²) >= 11 is 0. The van der Waals surface area contributed by atoms with Gasteiger partial charge in [-0.1, -0.05) is 44.2 Å². The van der Waals surface area contributed by atoms with Crippen LogP contribution in [0.5, 0.6) is 17.2 Å². The van der Waals surface area contributed by atoms with E-state index in [-0.39, 0.29) is 17.7 Å². The molecular weight excluding hydrogens is 420 g/mol. The Labute approximate surface area is 194 Å². The molecule has 0 bridgehead atoms. The number of carbonyl (C=O) groups is 2. The summed E-state index contributed by atoms with van der Waals surface area (Å²) in [5, 5.41) is 7.89.